The predicted molar refractivity (Wildman–Crippen MR) is 104 cm³/mol. The summed E-state index contributed by atoms with van der Waals surface area (Å²) < 4.78 is 5.71. The lowest BCUT2D eigenvalue weighted by atomic mass is 10.1. The monoisotopic (exact) mass is 354 g/mol. The van der Waals surface area contributed by atoms with E-state index in [0.717, 1.165) is 18.6 Å². The number of carbonyl (C=O) groups is 2. The molecule has 0 aliphatic heterocycles. The van der Waals surface area contributed by atoms with Crippen LogP contribution >= 0.6 is 0 Å². The molecule has 0 radical (unpaired) electrons. The van der Waals surface area contributed by atoms with Gasteiger partial charge >= 0.3 is 0 Å². The van der Waals surface area contributed by atoms with Crippen molar-refractivity contribution in [2.45, 2.75) is 39.7 Å². The average Bonchev–Trinajstić information content (AvgIpc) is 2.67. The summed E-state index contributed by atoms with van der Waals surface area (Å²) in [6.45, 7) is 6.72. The molecule has 0 aromatic heterocycles. The van der Waals surface area contributed by atoms with Crippen molar-refractivity contribution in [3.05, 3.63) is 59.7 Å². The molecule has 5 heteroatoms. The lowest BCUT2D eigenvalue weighted by molar-refractivity contribution is 0.0953. The molecule has 26 heavy (non-hydrogen) atoms. The van der Waals surface area contributed by atoms with Gasteiger partial charge in [-0.2, -0.15) is 0 Å². The molecule has 0 heterocycles. The summed E-state index contributed by atoms with van der Waals surface area (Å²) in [5, 5.41) is 5.65. The van der Waals surface area contributed by atoms with Gasteiger partial charge in [-0.3, -0.25) is 9.59 Å². The maximum atomic E-state index is 12.3. The van der Waals surface area contributed by atoms with Crippen molar-refractivity contribution < 1.29 is 14.3 Å². The molecule has 2 rings (SSSR count). The van der Waals surface area contributed by atoms with E-state index in [9.17, 15) is 9.59 Å². The fourth-order valence-electron chi connectivity index (χ4n) is 2.25. The molecule has 0 bridgehead atoms. The van der Waals surface area contributed by atoms with Crippen LogP contribution < -0.4 is 15.4 Å². The van der Waals surface area contributed by atoms with Gasteiger partial charge in [0, 0.05) is 23.4 Å². The van der Waals surface area contributed by atoms with Crippen LogP contribution in [0, 0.1) is 0 Å². The number of amides is 2. The Morgan fingerprint density at radius 1 is 0.923 bits per heavy atom. The third kappa shape index (κ3) is 5.62. The highest BCUT2D eigenvalue weighted by Crippen LogP contribution is 2.16. The van der Waals surface area contributed by atoms with Gasteiger partial charge in [-0.25, -0.2) is 0 Å². The van der Waals surface area contributed by atoms with Crippen molar-refractivity contribution >= 4 is 17.5 Å². The third-order valence-corrected chi connectivity index (χ3v) is 3.97. The maximum Gasteiger partial charge on any atom is 0.255 e. The van der Waals surface area contributed by atoms with Crippen LogP contribution in [0.2, 0.25) is 0 Å². The molecule has 0 aliphatic carbocycles. The fraction of sp³-hybridized carbons (Fsp3) is 0.333. The van der Waals surface area contributed by atoms with Crippen molar-refractivity contribution in [3.63, 3.8) is 0 Å². The first-order valence-corrected chi connectivity index (χ1v) is 8.99. The molecule has 2 aromatic carbocycles. The van der Waals surface area contributed by atoms with E-state index in [4.69, 9.17) is 4.74 Å². The summed E-state index contributed by atoms with van der Waals surface area (Å²) in [5.41, 5.74) is 1.76. The lowest BCUT2D eigenvalue weighted by Crippen LogP contribution is -2.23. The molecule has 0 saturated heterocycles. The van der Waals surface area contributed by atoms with E-state index in [-0.39, 0.29) is 17.9 Å². The van der Waals surface area contributed by atoms with Gasteiger partial charge in [0.2, 0.25) is 0 Å². The number of hydrogen-bond donors (Lipinski definition) is 2. The Balaban J connectivity index is 1.95. The van der Waals surface area contributed by atoms with Crippen LogP contribution in [-0.2, 0) is 0 Å². The minimum absolute atomic E-state index is 0.110. The van der Waals surface area contributed by atoms with E-state index in [1.807, 2.05) is 13.8 Å². The first-order chi connectivity index (χ1) is 12.5. The van der Waals surface area contributed by atoms with E-state index < -0.39 is 0 Å². The molecule has 2 amide bonds. The van der Waals surface area contributed by atoms with Gasteiger partial charge < -0.3 is 15.4 Å². The zero-order valence-electron chi connectivity index (χ0n) is 15.5. The molecule has 0 fully saturated rings. The van der Waals surface area contributed by atoms with Crippen LogP contribution in [-0.4, -0.2) is 24.5 Å². The largest absolute Gasteiger partial charge is 0.491 e. The molecule has 1 atom stereocenters. The fourth-order valence-corrected chi connectivity index (χ4v) is 2.25. The molecule has 2 aromatic rings. The van der Waals surface area contributed by atoms with Crippen LogP contribution in [0.5, 0.6) is 5.75 Å². The summed E-state index contributed by atoms with van der Waals surface area (Å²) in [7, 11) is 0. The quantitative estimate of drug-likeness (QED) is 0.744. The minimum atomic E-state index is -0.205. The number of nitrogens with one attached hydrogen (secondary N) is 2. The molecule has 0 saturated carbocycles. The van der Waals surface area contributed by atoms with Crippen molar-refractivity contribution in [1.82, 2.24) is 5.32 Å². The highest BCUT2D eigenvalue weighted by atomic mass is 16.5. The Morgan fingerprint density at radius 3 is 2.08 bits per heavy atom. The number of benzene rings is 2. The van der Waals surface area contributed by atoms with Gasteiger partial charge in [-0.15, -0.1) is 0 Å². The standard InChI is InChI=1S/C21H26N2O3/c1-4-14-22-20(24)16-6-10-18(11-7-16)23-21(25)17-8-12-19(13-9-17)26-15(3)5-2/h6-13,15H,4-5,14H2,1-3H3,(H,22,24)(H,23,25). The second-order valence-corrected chi connectivity index (χ2v) is 6.15. The predicted octanol–water partition coefficient (Wildman–Crippen LogP) is 4.26. The highest BCUT2D eigenvalue weighted by Gasteiger charge is 2.09. The van der Waals surface area contributed by atoms with Crippen molar-refractivity contribution in [2.24, 2.45) is 0 Å². The maximum absolute atomic E-state index is 12.3. The van der Waals surface area contributed by atoms with Crippen molar-refractivity contribution in [3.8, 4) is 5.75 Å². The molecule has 5 nitrogen and oxygen atoms in total. The summed E-state index contributed by atoms with van der Waals surface area (Å²) in [5.74, 6) is 0.434. The van der Waals surface area contributed by atoms with Crippen LogP contribution in [0.1, 0.15) is 54.3 Å². The van der Waals surface area contributed by atoms with Gasteiger partial charge in [0.15, 0.2) is 0 Å². The van der Waals surface area contributed by atoms with E-state index in [1.54, 1.807) is 48.5 Å². The molecule has 0 spiro atoms. The Kier molecular flexibility index (Phi) is 7.21. The van der Waals surface area contributed by atoms with Gasteiger partial charge in [-0.1, -0.05) is 13.8 Å². The SMILES string of the molecule is CCCNC(=O)c1ccc(NC(=O)c2ccc(OC(C)CC)cc2)cc1. The molecular weight excluding hydrogens is 328 g/mol. The van der Waals surface area contributed by atoms with Gasteiger partial charge in [0.25, 0.3) is 11.8 Å². The van der Waals surface area contributed by atoms with E-state index in [1.165, 1.54) is 0 Å². The molecular formula is C21H26N2O3. The third-order valence-electron chi connectivity index (χ3n) is 3.97. The topological polar surface area (TPSA) is 67.4 Å². The smallest absolute Gasteiger partial charge is 0.255 e. The zero-order chi connectivity index (χ0) is 18.9. The Morgan fingerprint density at radius 2 is 1.50 bits per heavy atom. The van der Waals surface area contributed by atoms with E-state index in [0.29, 0.717) is 23.4 Å². The second kappa shape index (κ2) is 9.61. The summed E-state index contributed by atoms with van der Waals surface area (Å²) >= 11 is 0. The number of anilines is 1. The highest BCUT2D eigenvalue weighted by molar-refractivity contribution is 6.04. The molecule has 2 N–H and O–H groups in total. The van der Waals surface area contributed by atoms with Gasteiger partial charge in [0.05, 0.1) is 6.10 Å². The Hall–Kier alpha value is -2.82. The van der Waals surface area contributed by atoms with Crippen molar-refractivity contribution in [2.75, 3.05) is 11.9 Å². The normalized spacial score (nSPS) is 11.5. The van der Waals surface area contributed by atoms with Gasteiger partial charge in [0.1, 0.15) is 5.75 Å². The Bertz CT molecular complexity index is 724. The number of carbonyl (C=O) groups excluding carboxylic acids is 2. The lowest BCUT2D eigenvalue weighted by Gasteiger charge is -2.12. The minimum Gasteiger partial charge on any atom is -0.491 e. The molecule has 0 aliphatic rings. The van der Waals surface area contributed by atoms with Crippen LogP contribution in [0.25, 0.3) is 0 Å². The van der Waals surface area contributed by atoms with Crippen LogP contribution in [0.15, 0.2) is 48.5 Å². The van der Waals surface area contributed by atoms with Crippen LogP contribution in [0.3, 0.4) is 0 Å². The van der Waals surface area contributed by atoms with E-state index >= 15 is 0 Å². The first kappa shape index (κ1) is 19.5. The Labute approximate surface area is 154 Å². The van der Waals surface area contributed by atoms with Gasteiger partial charge in [-0.05, 0) is 68.3 Å². The summed E-state index contributed by atoms with van der Waals surface area (Å²) in [6, 6.07) is 13.9. The first-order valence-electron chi connectivity index (χ1n) is 8.99. The summed E-state index contributed by atoms with van der Waals surface area (Å²) in [4.78, 5) is 24.2. The molecule has 1 unspecified atom stereocenters. The summed E-state index contributed by atoms with van der Waals surface area (Å²) in [6.07, 6.45) is 1.96. The second-order valence-electron chi connectivity index (χ2n) is 6.15. The number of ether oxygens (including phenoxy) is 1. The van der Waals surface area contributed by atoms with Crippen LogP contribution in [0.4, 0.5) is 5.69 Å². The number of rotatable bonds is 8. The average molecular weight is 354 g/mol. The zero-order valence-corrected chi connectivity index (χ0v) is 15.5. The van der Waals surface area contributed by atoms with Crippen molar-refractivity contribution in [1.29, 1.82) is 0 Å². The van der Waals surface area contributed by atoms with E-state index in [2.05, 4.69) is 17.6 Å². The molecule has 138 valence electrons. The number of hydrogen-bond acceptors (Lipinski definition) is 3.